The molecule has 6 heteroatoms. The maximum absolute atomic E-state index is 4.58. The first-order valence-electron chi connectivity index (χ1n) is 11.5. The van der Waals surface area contributed by atoms with Crippen LogP contribution in [0.4, 0.5) is 0 Å². The number of aryl methyl sites for hydroxylation is 2. The highest BCUT2D eigenvalue weighted by Crippen LogP contribution is 2.40. The van der Waals surface area contributed by atoms with Crippen molar-refractivity contribution in [2.24, 2.45) is 5.41 Å². The lowest BCUT2D eigenvalue weighted by molar-refractivity contribution is -0.938. The standard InChI is InChI=1S/C24H31N5S/c1-3-9-20(10-4-1)12-17-29-23(25-26-27-29)22(21-11-7-18-30-21)28-16-8-15-24(19-28)13-5-2-6-14-24/h1,3-4,7,9-11,18,22H,2,5-6,8,12-17,19H2/p+1/t22-/m0/s1. The first kappa shape index (κ1) is 19.9. The van der Waals surface area contributed by atoms with Gasteiger partial charge in [0.2, 0.25) is 5.82 Å². The predicted octanol–water partition coefficient (Wildman–Crippen LogP) is 3.70. The molecule has 1 unspecified atom stereocenters. The quantitative estimate of drug-likeness (QED) is 0.659. The second-order valence-electron chi connectivity index (χ2n) is 9.19. The van der Waals surface area contributed by atoms with Crippen LogP contribution in [-0.4, -0.2) is 33.3 Å². The molecule has 1 spiro atoms. The number of nitrogens with zero attached hydrogens (tertiary/aromatic N) is 4. The van der Waals surface area contributed by atoms with Crippen molar-refractivity contribution in [3.8, 4) is 0 Å². The summed E-state index contributed by atoms with van der Waals surface area (Å²) in [5.74, 6) is 1.04. The topological polar surface area (TPSA) is 48.0 Å². The third-order valence-electron chi connectivity index (χ3n) is 7.23. The van der Waals surface area contributed by atoms with E-state index in [1.54, 1.807) is 4.90 Å². The van der Waals surface area contributed by atoms with Crippen LogP contribution < -0.4 is 4.90 Å². The van der Waals surface area contributed by atoms with Crippen LogP contribution >= 0.6 is 11.3 Å². The van der Waals surface area contributed by atoms with Gasteiger partial charge < -0.3 is 4.90 Å². The van der Waals surface area contributed by atoms with E-state index in [-0.39, 0.29) is 6.04 Å². The molecule has 0 bridgehead atoms. The number of thiophene rings is 1. The first-order valence-corrected chi connectivity index (χ1v) is 12.4. The van der Waals surface area contributed by atoms with E-state index in [0.29, 0.717) is 5.41 Å². The monoisotopic (exact) mass is 422 g/mol. The van der Waals surface area contributed by atoms with E-state index >= 15 is 0 Å². The van der Waals surface area contributed by atoms with Crippen LogP contribution in [0.3, 0.4) is 0 Å². The summed E-state index contributed by atoms with van der Waals surface area (Å²) in [6.07, 6.45) is 10.7. The van der Waals surface area contributed by atoms with Gasteiger partial charge in [-0.05, 0) is 59.5 Å². The second kappa shape index (κ2) is 8.98. The molecule has 2 atom stereocenters. The Bertz CT molecular complexity index is 909. The molecule has 3 aromatic rings. The van der Waals surface area contributed by atoms with E-state index in [2.05, 4.69) is 68.1 Å². The lowest BCUT2D eigenvalue weighted by atomic mass is 9.69. The summed E-state index contributed by atoms with van der Waals surface area (Å²) in [4.78, 5) is 3.06. The average molecular weight is 423 g/mol. The lowest BCUT2D eigenvalue weighted by Crippen LogP contribution is -3.14. The van der Waals surface area contributed by atoms with E-state index < -0.39 is 0 Å². The molecule has 5 nitrogen and oxygen atoms in total. The van der Waals surface area contributed by atoms with E-state index in [1.165, 1.54) is 68.5 Å². The van der Waals surface area contributed by atoms with Gasteiger partial charge >= 0.3 is 0 Å². The molecule has 5 rings (SSSR count). The van der Waals surface area contributed by atoms with Gasteiger partial charge in [0.05, 0.1) is 18.0 Å². The smallest absolute Gasteiger partial charge is 0.215 e. The van der Waals surface area contributed by atoms with Gasteiger partial charge in [0.25, 0.3) is 0 Å². The fourth-order valence-electron chi connectivity index (χ4n) is 5.75. The molecule has 158 valence electrons. The molecular formula is C24H32N5S+. The Kier molecular flexibility index (Phi) is 5.95. The Morgan fingerprint density at radius 3 is 2.63 bits per heavy atom. The number of nitrogens with one attached hydrogen (secondary N) is 1. The molecule has 0 amide bonds. The van der Waals surface area contributed by atoms with Crippen molar-refractivity contribution in [1.82, 2.24) is 20.2 Å². The number of aromatic nitrogens is 4. The second-order valence-corrected chi connectivity index (χ2v) is 10.2. The molecular weight excluding hydrogens is 390 g/mol. The highest BCUT2D eigenvalue weighted by Gasteiger charge is 2.43. The Hall–Kier alpha value is -2.05. The van der Waals surface area contributed by atoms with Gasteiger partial charge in [-0.2, -0.15) is 0 Å². The predicted molar refractivity (Wildman–Crippen MR) is 120 cm³/mol. The van der Waals surface area contributed by atoms with Crippen molar-refractivity contribution in [3.63, 3.8) is 0 Å². The molecule has 30 heavy (non-hydrogen) atoms. The number of likely N-dealkylation sites (tertiary alicyclic amines) is 1. The molecule has 2 aliphatic rings. The van der Waals surface area contributed by atoms with Gasteiger partial charge in [0.1, 0.15) is 0 Å². The Morgan fingerprint density at radius 2 is 1.83 bits per heavy atom. The van der Waals surface area contributed by atoms with E-state index in [0.717, 1.165) is 18.8 Å². The van der Waals surface area contributed by atoms with Crippen LogP contribution in [0, 0.1) is 5.41 Å². The lowest BCUT2D eigenvalue weighted by Gasteiger charge is -2.44. The maximum Gasteiger partial charge on any atom is 0.215 e. The van der Waals surface area contributed by atoms with Gasteiger partial charge in [0, 0.05) is 12.0 Å². The number of hydrogen-bond acceptors (Lipinski definition) is 4. The van der Waals surface area contributed by atoms with E-state index in [9.17, 15) is 0 Å². The molecule has 2 fully saturated rings. The molecule has 0 radical (unpaired) electrons. The molecule has 1 N–H and O–H groups in total. The Balaban J connectivity index is 1.41. The average Bonchev–Trinajstić information content (AvgIpc) is 3.47. The molecule has 1 aliphatic carbocycles. The molecule has 2 aromatic heterocycles. The minimum atomic E-state index is 0.245. The van der Waals surface area contributed by atoms with Crippen molar-refractivity contribution in [2.75, 3.05) is 13.1 Å². The third-order valence-corrected chi connectivity index (χ3v) is 8.17. The minimum Gasteiger partial charge on any atom is -0.321 e. The highest BCUT2D eigenvalue weighted by atomic mass is 32.1. The van der Waals surface area contributed by atoms with Gasteiger partial charge in [-0.25, -0.2) is 4.68 Å². The van der Waals surface area contributed by atoms with Crippen LogP contribution in [0.2, 0.25) is 0 Å². The highest BCUT2D eigenvalue weighted by molar-refractivity contribution is 7.10. The largest absolute Gasteiger partial charge is 0.321 e. The number of hydrogen-bond donors (Lipinski definition) is 1. The zero-order chi connectivity index (χ0) is 20.2. The zero-order valence-corrected chi connectivity index (χ0v) is 18.5. The summed E-state index contributed by atoms with van der Waals surface area (Å²) < 4.78 is 2.06. The summed E-state index contributed by atoms with van der Waals surface area (Å²) in [7, 11) is 0. The normalized spacial score (nSPS) is 22.2. The van der Waals surface area contributed by atoms with Crippen LogP contribution in [-0.2, 0) is 13.0 Å². The molecule has 1 saturated heterocycles. The third kappa shape index (κ3) is 4.21. The van der Waals surface area contributed by atoms with Gasteiger partial charge in [0.15, 0.2) is 6.04 Å². The SMILES string of the molecule is c1ccc(CCn2nnnc2[C@H](c2cccs2)[NH+]2CCCC3(CCCCC3)C2)cc1. The van der Waals surface area contributed by atoms with E-state index in [1.807, 2.05) is 11.3 Å². The van der Waals surface area contributed by atoms with Gasteiger partial charge in [-0.15, -0.1) is 16.4 Å². The van der Waals surface area contributed by atoms with Crippen molar-refractivity contribution < 1.29 is 4.90 Å². The van der Waals surface area contributed by atoms with E-state index in [4.69, 9.17) is 0 Å². The van der Waals surface area contributed by atoms with Crippen LogP contribution in [0.15, 0.2) is 47.8 Å². The fraction of sp³-hybridized carbons (Fsp3) is 0.542. The van der Waals surface area contributed by atoms with Gasteiger partial charge in [-0.3, -0.25) is 0 Å². The number of quaternary nitrogens is 1. The van der Waals surface area contributed by atoms with Crippen molar-refractivity contribution >= 4 is 11.3 Å². The molecule has 1 aliphatic heterocycles. The van der Waals surface area contributed by atoms with Crippen molar-refractivity contribution in [3.05, 3.63) is 64.1 Å². The summed E-state index contributed by atoms with van der Waals surface area (Å²) in [5, 5.41) is 15.3. The summed E-state index contributed by atoms with van der Waals surface area (Å²) in [6, 6.07) is 15.3. The fourth-order valence-corrected chi connectivity index (χ4v) is 6.63. The Morgan fingerprint density at radius 1 is 1.00 bits per heavy atom. The van der Waals surface area contributed by atoms with Crippen LogP contribution in [0.25, 0.3) is 0 Å². The summed E-state index contributed by atoms with van der Waals surface area (Å²) in [6.45, 7) is 3.31. The van der Waals surface area contributed by atoms with Crippen LogP contribution in [0.1, 0.15) is 67.3 Å². The summed E-state index contributed by atoms with van der Waals surface area (Å²) in [5.41, 5.74) is 1.88. The number of rotatable bonds is 6. The number of piperidine rings is 1. The zero-order valence-electron chi connectivity index (χ0n) is 17.7. The minimum absolute atomic E-state index is 0.245. The number of tetrazole rings is 1. The molecule has 1 saturated carbocycles. The van der Waals surface area contributed by atoms with Crippen LogP contribution in [0.5, 0.6) is 0 Å². The van der Waals surface area contributed by atoms with Crippen molar-refractivity contribution in [2.45, 2.75) is 64.0 Å². The maximum atomic E-state index is 4.58. The molecule has 1 aromatic carbocycles. The number of benzene rings is 1. The molecule has 3 heterocycles. The van der Waals surface area contributed by atoms with Gasteiger partial charge in [-0.1, -0.05) is 55.7 Å². The van der Waals surface area contributed by atoms with Crippen molar-refractivity contribution in [1.29, 1.82) is 0 Å². The Labute approximate surface area is 183 Å². The first-order chi connectivity index (χ1) is 14.8. The summed E-state index contributed by atoms with van der Waals surface area (Å²) >= 11 is 1.85.